The molecule has 0 radical (unpaired) electrons. The molecular formula is C21H29N7O4. The SMILES string of the molecule is C=NN1C(=NC)C=C(Nc2cccn([C@@H]3CCOC[C@@H]3OC)c2=O)N/C1=C(/C)C(=O)NC. The van der Waals surface area contributed by atoms with Crippen LogP contribution in [0.3, 0.4) is 0 Å². The number of amidine groups is 1. The van der Waals surface area contributed by atoms with Crippen LogP contribution in [0.2, 0.25) is 0 Å². The van der Waals surface area contributed by atoms with Crippen LogP contribution in [0.5, 0.6) is 0 Å². The highest BCUT2D eigenvalue weighted by atomic mass is 16.5. The second kappa shape index (κ2) is 10.2. The number of rotatable bonds is 6. The first kappa shape index (κ1) is 23.2. The van der Waals surface area contributed by atoms with Gasteiger partial charge in [0, 0.05) is 46.8 Å². The van der Waals surface area contributed by atoms with Crippen molar-refractivity contribution >= 4 is 24.1 Å². The van der Waals surface area contributed by atoms with E-state index in [4.69, 9.17) is 9.47 Å². The molecule has 0 spiro atoms. The molecule has 0 bridgehead atoms. The number of pyridine rings is 1. The lowest BCUT2D eigenvalue weighted by atomic mass is 10.1. The van der Waals surface area contributed by atoms with Crippen molar-refractivity contribution in [2.24, 2.45) is 10.1 Å². The van der Waals surface area contributed by atoms with E-state index < -0.39 is 0 Å². The van der Waals surface area contributed by atoms with Gasteiger partial charge in [-0.1, -0.05) is 0 Å². The fourth-order valence-corrected chi connectivity index (χ4v) is 3.69. The number of hydrogen-bond acceptors (Lipinski definition) is 8. The number of aliphatic imine (C=N–C) groups is 1. The Labute approximate surface area is 186 Å². The highest BCUT2D eigenvalue weighted by Crippen LogP contribution is 2.23. The maximum Gasteiger partial charge on any atom is 0.274 e. The summed E-state index contributed by atoms with van der Waals surface area (Å²) in [6.45, 7) is 6.22. The van der Waals surface area contributed by atoms with E-state index in [-0.39, 0.29) is 23.6 Å². The maximum atomic E-state index is 13.2. The Morgan fingerprint density at radius 2 is 2.22 bits per heavy atom. The Morgan fingerprint density at radius 1 is 1.44 bits per heavy atom. The molecule has 3 rings (SSSR count). The summed E-state index contributed by atoms with van der Waals surface area (Å²) in [5, 5.41) is 14.2. The molecule has 0 unspecified atom stereocenters. The molecule has 1 aromatic heterocycles. The first-order chi connectivity index (χ1) is 15.4. The number of hydrazone groups is 1. The second-order valence-electron chi connectivity index (χ2n) is 7.24. The van der Waals surface area contributed by atoms with Gasteiger partial charge in [-0.05, 0) is 25.5 Å². The van der Waals surface area contributed by atoms with Gasteiger partial charge in [0.25, 0.3) is 5.56 Å². The van der Waals surface area contributed by atoms with Crippen molar-refractivity contribution in [3.05, 3.63) is 52.0 Å². The van der Waals surface area contributed by atoms with Crippen molar-refractivity contribution in [3.8, 4) is 0 Å². The molecule has 1 amide bonds. The van der Waals surface area contributed by atoms with Gasteiger partial charge in [-0.15, -0.1) is 0 Å². The zero-order chi connectivity index (χ0) is 23.3. The summed E-state index contributed by atoms with van der Waals surface area (Å²) in [5.41, 5.74) is 0.543. The monoisotopic (exact) mass is 443 g/mol. The van der Waals surface area contributed by atoms with Crippen molar-refractivity contribution in [2.75, 3.05) is 39.7 Å². The van der Waals surface area contributed by atoms with Gasteiger partial charge in [-0.2, -0.15) is 10.1 Å². The molecule has 172 valence electrons. The Morgan fingerprint density at radius 3 is 2.88 bits per heavy atom. The maximum absolute atomic E-state index is 13.2. The third-order valence-electron chi connectivity index (χ3n) is 5.42. The van der Waals surface area contributed by atoms with Crippen molar-refractivity contribution in [1.82, 2.24) is 20.2 Å². The van der Waals surface area contributed by atoms with Gasteiger partial charge in [0.1, 0.15) is 23.4 Å². The predicted molar refractivity (Wildman–Crippen MR) is 122 cm³/mol. The van der Waals surface area contributed by atoms with Crippen LogP contribution in [0, 0.1) is 0 Å². The van der Waals surface area contributed by atoms with Gasteiger partial charge >= 0.3 is 0 Å². The summed E-state index contributed by atoms with van der Waals surface area (Å²) in [6.07, 6.45) is 3.90. The normalized spacial score (nSPS) is 23.8. The van der Waals surface area contributed by atoms with Gasteiger partial charge < -0.3 is 30.0 Å². The Bertz CT molecular complexity index is 1030. The largest absolute Gasteiger partial charge is 0.379 e. The lowest BCUT2D eigenvalue weighted by Crippen LogP contribution is -2.42. The van der Waals surface area contributed by atoms with Crippen LogP contribution >= 0.6 is 0 Å². The van der Waals surface area contributed by atoms with E-state index in [1.165, 1.54) is 5.01 Å². The number of likely N-dealkylation sites (N-methyl/N-ethyl adjacent to an activating group) is 1. The Balaban J connectivity index is 1.96. The minimum Gasteiger partial charge on any atom is -0.379 e. The fourth-order valence-electron chi connectivity index (χ4n) is 3.69. The van der Waals surface area contributed by atoms with Crippen molar-refractivity contribution in [3.63, 3.8) is 0 Å². The summed E-state index contributed by atoms with van der Waals surface area (Å²) in [7, 11) is 4.76. The summed E-state index contributed by atoms with van der Waals surface area (Å²) >= 11 is 0. The molecular weight excluding hydrogens is 414 g/mol. The summed E-state index contributed by atoms with van der Waals surface area (Å²) < 4.78 is 12.7. The number of hydrogen-bond donors (Lipinski definition) is 3. The number of carbonyl (C=O) groups excluding carboxylic acids is 1. The lowest BCUT2D eigenvalue weighted by molar-refractivity contribution is -0.117. The van der Waals surface area contributed by atoms with E-state index in [0.717, 1.165) is 0 Å². The van der Waals surface area contributed by atoms with Crippen molar-refractivity contribution in [2.45, 2.75) is 25.5 Å². The molecule has 1 saturated heterocycles. The molecule has 3 N–H and O–H groups in total. The summed E-state index contributed by atoms with van der Waals surface area (Å²) in [4.78, 5) is 29.7. The van der Waals surface area contributed by atoms with Gasteiger partial charge in [-0.25, -0.2) is 0 Å². The number of methoxy groups -OCH3 is 1. The van der Waals surface area contributed by atoms with Crippen LogP contribution in [0.25, 0.3) is 0 Å². The molecule has 11 heteroatoms. The number of nitrogens with zero attached hydrogens (tertiary/aromatic N) is 4. The molecule has 32 heavy (non-hydrogen) atoms. The van der Waals surface area contributed by atoms with Gasteiger partial charge in [0.15, 0.2) is 5.84 Å². The van der Waals surface area contributed by atoms with E-state index in [2.05, 4.69) is 32.8 Å². The van der Waals surface area contributed by atoms with Crippen LogP contribution in [0.1, 0.15) is 19.4 Å². The molecule has 11 nitrogen and oxygen atoms in total. The third-order valence-corrected chi connectivity index (χ3v) is 5.42. The summed E-state index contributed by atoms with van der Waals surface area (Å²) in [5.74, 6) is 1.00. The Kier molecular flexibility index (Phi) is 7.44. The molecule has 2 aliphatic rings. The van der Waals surface area contributed by atoms with Crippen LogP contribution in [0.15, 0.2) is 56.5 Å². The molecule has 2 aliphatic heterocycles. The number of ether oxygens (including phenoxy) is 2. The number of amides is 1. The Hall–Kier alpha value is -3.44. The second-order valence-corrected chi connectivity index (χ2v) is 7.24. The zero-order valence-corrected chi connectivity index (χ0v) is 18.7. The average molecular weight is 444 g/mol. The lowest BCUT2D eigenvalue weighted by Gasteiger charge is -2.32. The topological polar surface area (TPSA) is 122 Å². The van der Waals surface area contributed by atoms with Gasteiger partial charge in [-0.3, -0.25) is 14.6 Å². The standard InChI is InChI=1S/C21H29N7O4/c1-13(20(29)23-3)19-26-17(11-18(22-2)28(19)24-4)25-14-7-6-9-27(21(14)30)15-8-10-32-12-16(15)31-5/h6-7,9,11,15-16,25-26H,4,8,10,12H2,1-3,5H3,(H,23,29)/b19-13+,22-18?/t15-,16+/m1/s1. The van der Waals surface area contributed by atoms with Gasteiger partial charge in [0.05, 0.1) is 18.2 Å². The zero-order valence-electron chi connectivity index (χ0n) is 18.7. The first-order valence-electron chi connectivity index (χ1n) is 10.2. The average Bonchev–Trinajstić information content (AvgIpc) is 2.83. The first-order valence-corrected chi connectivity index (χ1v) is 10.2. The third kappa shape index (κ3) is 4.58. The molecule has 1 fully saturated rings. The number of carbonyl (C=O) groups is 1. The van der Waals surface area contributed by atoms with Crippen molar-refractivity contribution in [1.29, 1.82) is 0 Å². The van der Waals surface area contributed by atoms with E-state index in [0.29, 0.717) is 48.4 Å². The quantitative estimate of drug-likeness (QED) is 0.435. The fraction of sp³-hybridized carbons (Fsp3) is 0.429. The number of aromatic nitrogens is 1. The number of nitrogens with one attached hydrogen (secondary N) is 3. The molecule has 2 atom stereocenters. The molecule has 0 aromatic carbocycles. The predicted octanol–water partition coefficient (Wildman–Crippen LogP) is 0.605. The number of anilines is 1. The molecule has 3 heterocycles. The van der Waals surface area contributed by atoms with E-state index >= 15 is 0 Å². The summed E-state index contributed by atoms with van der Waals surface area (Å²) in [6, 6.07) is 3.36. The van der Waals surface area contributed by atoms with E-state index in [1.54, 1.807) is 57.1 Å². The molecule has 0 aliphatic carbocycles. The smallest absolute Gasteiger partial charge is 0.274 e. The minimum atomic E-state index is -0.287. The highest BCUT2D eigenvalue weighted by Gasteiger charge is 2.29. The highest BCUT2D eigenvalue weighted by molar-refractivity contribution is 5.99. The molecule has 1 aromatic rings. The van der Waals surface area contributed by atoms with Crippen LogP contribution in [-0.2, 0) is 14.3 Å². The minimum absolute atomic E-state index is 0.129. The van der Waals surface area contributed by atoms with Crippen LogP contribution in [0.4, 0.5) is 5.69 Å². The van der Waals surface area contributed by atoms with E-state index in [1.807, 2.05) is 0 Å². The van der Waals surface area contributed by atoms with Gasteiger partial charge in [0.2, 0.25) is 5.91 Å². The van der Waals surface area contributed by atoms with Crippen LogP contribution < -0.4 is 21.5 Å². The van der Waals surface area contributed by atoms with Crippen molar-refractivity contribution < 1.29 is 14.3 Å². The molecule has 0 saturated carbocycles. The van der Waals surface area contributed by atoms with E-state index in [9.17, 15) is 9.59 Å². The van der Waals surface area contributed by atoms with Crippen LogP contribution in [-0.4, -0.2) is 68.6 Å².